The van der Waals surface area contributed by atoms with Crippen molar-refractivity contribution in [3.05, 3.63) is 88.3 Å². The molecule has 3 heterocycles. The van der Waals surface area contributed by atoms with Crippen molar-refractivity contribution in [1.82, 2.24) is 20.6 Å². The van der Waals surface area contributed by atoms with Crippen molar-refractivity contribution in [2.24, 2.45) is 0 Å². The van der Waals surface area contributed by atoms with Gasteiger partial charge in [0.05, 0.1) is 11.1 Å². The zero-order valence-electron chi connectivity index (χ0n) is 20.7. The number of hydrogen-bond acceptors (Lipinski definition) is 4. The maximum absolute atomic E-state index is 13.7. The molecule has 0 radical (unpaired) electrons. The third-order valence-electron chi connectivity index (χ3n) is 6.06. The van der Waals surface area contributed by atoms with Gasteiger partial charge in [-0.3, -0.25) is 19.4 Å². The summed E-state index contributed by atoms with van der Waals surface area (Å²) < 4.78 is 13.7. The summed E-state index contributed by atoms with van der Waals surface area (Å²) in [5.41, 5.74) is 4.73. The molecule has 9 heteroatoms. The van der Waals surface area contributed by atoms with Crippen LogP contribution in [0.5, 0.6) is 0 Å². The zero-order chi connectivity index (χ0) is 26.4. The van der Waals surface area contributed by atoms with Gasteiger partial charge in [0.15, 0.2) is 0 Å². The molecular formula is C28H28FN5O3. The van der Waals surface area contributed by atoms with Crippen molar-refractivity contribution in [2.45, 2.75) is 26.7 Å². The van der Waals surface area contributed by atoms with Crippen LogP contribution in [0.25, 0.3) is 17.7 Å². The molecule has 0 aliphatic carbocycles. The van der Waals surface area contributed by atoms with Crippen LogP contribution < -0.4 is 16.0 Å². The molecular weight excluding hydrogens is 473 g/mol. The molecule has 0 fully saturated rings. The van der Waals surface area contributed by atoms with Gasteiger partial charge >= 0.3 is 0 Å². The van der Waals surface area contributed by atoms with E-state index in [0.29, 0.717) is 65.3 Å². The second-order valence-electron chi connectivity index (χ2n) is 8.74. The number of amides is 3. The number of rotatable bonds is 9. The number of benzene rings is 1. The zero-order valence-corrected chi connectivity index (χ0v) is 20.7. The SMILES string of the molecule is Cc1[nH]c(/C=C2\C(=O)Nc3ccc(F)cc32)c(C)c1C(=O)NCCCCNC(=O)/C=C/c1cccnc1. The van der Waals surface area contributed by atoms with E-state index in [-0.39, 0.29) is 17.7 Å². The number of aromatic nitrogens is 2. The van der Waals surface area contributed by atoms with Crippen LogP contribution in [0.4, 0.5) is 10.1 Å². The van der Waals surface area contributed by atoms with Gasteiger partial charge < -0.3 is 20.9 Å². The van der Waals surface area contributed by atoms with Crippen molar-refractivity contribution >= 4 is 41.1 Å². The van der Waals surface area contributed by atoms with E-state index < -0.39 is 5.82 Å². The molecule has 4 rings (SSSR count). The topological polar surface area (TPSA) is 116 Å². The Morgan fingerprint density at radius 2 is 1.89 bits per heavy atom. The van der Waals surface area contributed by atoms with Crippen molar-refractivity contribution in [3.8, 4) is 0 Å². The highest BCUT2D eigenvalue weighted by Crippen LogP contribution is 2.34. The maximum Gasteiger partial charge on any atom is 0.256 e. The number of pyridine rings is 1. The summed E-state index contributed by atoms with van der Waals surface area (Å²) in [7, 11) is 0. The minimum Gasteiger partial charge on any atom is -0.358 e. The fraction of sp³-hybridized carbons (Fsp3) is 0.214. The van der Waals surface area contributed by atoms with E-state index in [4.69, 9.17) is 0 Å². The molecule has 0 bridgehead atoms. The van der Waals surface area contributed by atoms with Crippen molar-refractivity contribution in [2.75, 3.05) is 18.4 Å². The predicted octanol–water partition coefficient (Wildman–Crippen LogP) is 4.00. The highest BCUT2D eigenvalue weighted by molar-refractivity contribution is 6.34. The number of nitrogens with one attached hydrogen (secondary N) is 4. The van der Waals surface area contributed by atoms with E-state index >= 15 is 0 Å². The molecule has 8 nitrogen and oxygen atoms in total. The molecule has 3 amide bonds. The lowest BCUT2D eigenvalue weighted by molar-refractivity contribution is -0.116. The van der Waals surface area contributed by atoms with Crippen LogP contribution in [0.15, 0.2) is 48.8 Å². The van der Waals surface area contributed by atoms with E-state index in [0.717, 1.165) is 5.56 Å². The normalized spacial score (nSPS) is 13.6. The van der Waals surface area contributed by atoms with Crippen molar-refractivity contribution < 1.29 is 18.8 Å². The van der Waals surface area contributed by atoms with Gasteiger partial charge in [-0.2, -0.15) is 0 Å². The summed E-state index contributed by atoms with van der Waals surface area (Å²) in [5, 5.41) is 8.45. The number of nitrogens with zero attached hydrogens (tertiary/aromatic N) is 1. The summed E-state index contributed by atoms with van der Waals surface area (Å²) in [4.78, 5) is 44.3. The molecule has 0 spiro atoms. The Morgan fingerprint density at radius 1 is 1.11 bits per heavy atom. The van der Waals surface area contributed by atoms with Gasteiger partial charge in [0, 0.05) is 54.2 Å². The number of carbonyl (C=O) groups excluding carboxylic acids is 3. The van der Waals surface area contributed by atoms with E-state index in [2.05, 4.69) is 25.9 Å². The Labute approximate surface area is 214 Å². The lowest BCUT2D eigenvalue weighted by Gasteiger charge is -2.07. The molecule has 1 aliphatic heterocycles. The molecule has 2 aromatic heterocycles. The van der Waals surface area contributed by atoms with Gasteiger partial charge in [0.25, 0.3) is 11.8 Å². The monoisotopic (exact) mass is 501 g/mol. The fourth-order valence-electron chi connectivity index (χ4n) is 4.16. The number of aromatic amines is 1. The Kier molecular flexibility index (Phi) is 7.92. The molecule has 190 valence electrons. The first kappa shape index (κ1) is 25.6. The second-order valence-corrected chi connectivity index (χ2v) is 8.74. The molecule has 0 unspecified atom stereocenters. The summed E-state index contributed by atoms with van der Waals surface area (Å²) in [5.74, 6) is -1.16. The van der Waals surface area contributed by atoms with Gasteiger partial charge in [-0.1, -0.05) is 6.07 Å². The van der Waals surface area contributed by atoms with Gasteiger partial charge in [-0.05, 0) is 74.2 Å². The molecule has 0 saturated carbocycles. The van der Waals surface area contributed by atoms with Crippen LogP contribution in [0, 0.1) is 19.7 Å². The summed E-state index contributed by atoms with van der Waals surface area (Å²) in [6.07, 6.45) is 9.56. The average molecular weight is 502 g/mol. The van der Waals surface area contributed by atoms with Gasteiger partial charge in [-0.25, -0.2) is 4.39 Å². The number of fused-ring (bicyclic) bond motifs is 1. The first-order chi connectivity index (χ1) is 17.8. The number of carbonyl (C=O) groups is 3. The highest BCUT2D eigenvalue weighted by Gasteiger charge is 2.26. The molecule has 37 heavy (non-hydrogen) atoms. The van der Waals surface area contributed by atoms with Crippen LogP contribution in [-0.4, -0.2) is 40.8 Å². The highest BCUT2D eigenvalue weighted by atomic mass is 19.1. The van der Waals surface area contributed by atoms with Crippen LogP contribution in [-0.2, 0) is 9.59 Å². The van der Waals surface area contributed by atoms with Gasteiger partial charge in [0.1, 0.15) is 5.82 Å². The molecule has 1 aliphatic rings. The van der Waals surface area contributed by atoms with E-state index in [1.165, 1.54) is 24.3 Å². The average Bonchev–Trinajstić information content (AvgIpc) is 3.34. The Balaban J connectivity index is 1.28. The number of halogens is 1. The lowest BCUT2D eigenvalue weighted by Crippen LogP contribution is -2.27. The number of H-pyrrole nitrogens is 1. The van der Waals surface area contributed by atoms with Crippen LogP contribution >= 0.6 is 0 Å². The molecule has 1 aromatic carbocycles. The number of unbranched alkanes of at least 4 members (excludes halogenated alkanes) is 1. The van der Waals surface area contributed by atoms with Gasteiger partial charge in [-0.15, -0.1) is 0 Å². The van der Waals surface area contributed by atoms with E-state index in [9.17, 15) is 18.8 Å². The first-order valence-corrected chi connectivity index (χ1v) is 12.0. The third-order valence-corrected chi connectivity index (χ3v) is 6.06. The fourth-order valence-corrected chi connectivity index (χ4v) is 4.16. The number of hydrogen-bond donors (Lipinski definition) is 4. The number of anilines is 1. The Bertz CT molecular complexity index is 1390. The third kappa shape index (κ3) is 6.19. The summed E-state index contributed by atoms with van der Waals surface area (Å²) in [6.45, 7) is 4.55. The van der Waals surface area contributed by atoms with Crippen LogP contribution in [0.2, 0.25) is 0 Å². The standard InChI is InChI=1S/C28H28FN5O3/c1-17-24(15-22-21-14-20(29)8-9-23(21)34-27(22)36)33-18(2)26(17)28(37)32-13-4-3-12-31-25(35)10-7-19-6-5-11-30-16-19/h5-11,14-16,33H,3-4,12-13H2,1-2H3,(H,31,35)(H,32,37)(H,34,36)/b10-7+,22-15-. The summed E-state index contributed by atoms with van der Waals surface area (Å²) in [6, 6.07) is 7.80. The number of aryl methyl sites for hydroxylation is 1. The minimum absolute atomic E-state index is 0.186. The quantitative estimate of drug-likeness (QED) is 0.262. The van der Waals surface area contributed by atoms with Gasteiger partial charge in [0.2, 0.25) is 5.91 Å². The van der Waals surface area contributed by atoms with Crippen molar-refractivity contribution in [3.63, 3.8) is 0 Å². The molecule has 3 aromatic rings. The molecule has 0 saturated heterocycles. The second kappa shape index (κ2) is 11.5. The van der Waals surface area contributed by atoms with Crippen molar-refractivity contribution in [1.29, 1.82) is 0 Å². The smallest absolute Gasteiger partial charge is 0.256 e. The predicted molar refractivity (Wildman–Crippen MR) is 141 cm³/mol. The van der Waals surface area contributed by atoms with E-state index in [1.807, 2.05) is 6.07 Å². The van der Waals surface area contributed by atoms with Crippen LogP contribution in [0.1, 0.15) is 51.3 Å². The van der Waals surface area contributed by atoms with Crippen LogP contribution in [0.3, 0.4) is 0 Å². The lowest BCUT2D eigenvalue weighted by atomic mass is 10.0. The minimum atomic E-state index is -0.429. The molecule has 4 N–H and O–H groups in total. The maximum atomic E-state index is 13.7. The summed E-state index contributed by atoms with van der Waals surface area (Å²) >= 11 is 0. The molecule has 0 atom stereocenters. The first-order valence-electron chi connectivity index (χ1n) is 12.0. The Morgan fingerprint density at radius 3 is 2.65 bits per heavy atom. The van der Waals surface area contributed by atoms with E-state index in [1.54, 1.807) is 44.5 Å². The Hall–Kier alpha value is -4.53. The largest absolute Gasteiger partial charge is 0.358 e.